The lowest BCUT2D eigenvalue weighted by molar-refractivity contribution is 0.0741. The van der Waals surface area contributed by atoms with E-state index in [9.17, 15) is 14.0 Å². The molecule has 3 aromatic rings. The largest absolute Gasteiger partial charge is 0.368 e. The number of rotatable bonds is 4. The Morgan fingerprint density at radius 2 is 1.64 bits per heavy atom. The first-order valence-corrected chi connectivity index (χ1v) is 11.1. The molecule has 2 aliphatic rings. The number of anilines is 2. The SMILES string of the molecule is O=C1NCN(Cc2ccc(F)c(C(=O)N3CCN(c4ccccc4)CC3)c2)c2ccccc21. The highest BCUT2D eigenvalue weighted by Crippen LogP contribution is 2.26. The van der Waals surface area contributed by atoms with Crippen molar-refractivity contribution in [1.29, 1.82) is 0 Å². The van der Waals surface area contributed by atoms with Crippen LogP contribution < -0.4 is 15.1 Å². The summed E-state index contributed by atoms with van der Waals surface area (Å²) in [5.74, 6) is -0.900. The van der Waals surface area contributed by atoms with E-state index in [2.05, 4.69) is 22.3 Å². The van der Waals surface area contributed by atoms with Crippen LogP contribution >= 0.6 is 0 Å². The number of carbonyl (C=O) groups excluding carboxylic acids is 2. The maximum Gasteiger partial charge on any atom is 0.256 e. The van der Waals surface area contributed by atoms with Gasteiger partial charge in [0, 0.05) is 38.4 Å². The van der Waals surface area contributed by atoms with Crippen LogP contribution in [0.5, 0.6) is 0 Å². The number of fused-ring (bicyclic) bond motifs is 1. The third kappa shape index (κ3) is 4.26. The first-order chi connectivity index (χ1) is 16.1. The van der Waals surface area contributed by atoms with E-state index in [0.29, 0.717) is 45.0 Å². The first kappa shape index (κ1) is 21.0. The highest BCUT2D eigenvalue weighted by Gasteiger charge is 2.26. The maximum absolute atomic E-state index is 14.7. The zero-order chi connectivity index (χ0) is 22.8. The Bertz CT molecular complexity index is 1180. The molecular weight excluding hydrogens is 419 g/mol. The second kappa shape index (κ2) is 8.94. The molecule has 3 aromatic carbocycles. The standard InChI is InChI=1S/C26H25FN4O2/c27-23-11-10-19(17-31-18-28-25(32)21-8-4-5-9-24(21)31)16-22(23)26(33)30-14-12-29(13-15-30)20-6-2-1-3-7-20/h1-11,16H,12-15,17-18H2,(H,28,32). The van der Waals surface area contributed by atoms with Crippen molar-refractivity contribution >= 4 is 23.2 Å². The van der Waals surface area contributed by atoms with Crippen LogP contribution in [0.4, 0.5) is 15.8 Å². The van der Waals surface area contributed by atoms with Crippen molar-refractivity contribution in [2.24, 2.45) is 0 Å². The van der Waals surface area contributed by atoms with Gasteiger partial charge in [0.05, 0.1) is 23.5 Å². The molecule has 1 saturated heterocycles. The van der Waals surface area contributed by atoms with Crippen LogP contribution in [0.15, 0.2) is 72.8 Å². The second-order valence-corrected chi connectivity index (χ2v) is 8.31. The minimum Gasteiger partial charge on any atom is -0.368 e. The topological polar surface area (TPSA) is 55.9 Å². The predicted molar refractivity (Wildman–Crippen MR) is 126 cm³/mol. The van der Waals surface area contributed by atoms with Gasteiger partial charge in [-0.25, -0.2) is 4.39 Å². The summed E-state index contributed by atoms with van der Waals surface area (Å²) in [6.07, 6.45) is 0. The minimum absolute atomic E-state index is 0.0926. The van der Waals surface area contributed by atoms with Crippen LogP contribution in [0.25, 0.3) is 0 Å². The number of nitrogens with zero attached hydrogens (tertiary/aromatic N) is 3. The van der Waals surface area contributed by atoms with Crippen LogP contribution in [0.3, 0.4) is 0 Å². The van der Waals surface area contributed by atoms with Gasteiger partial charge in [0.15, 0.2) is 0 Å². The Balaban J connectivity index is 1.30. The molecule has 0 aromatic heterocycles. The van der Waals surface area contributed by atoms with E-state index >= 15 is 0 Å². The average molecular weight is 445 g/mol. The van der Waals surface area contributed by atoms with Gasteiger partial charge in [0.2, 0.25) is 0 Å². The van der Waals surface area contributed by atoms with Crippen molar-refractivity contribution in [2.45, 2.75) is 6.54 Å². The van der Waals surface area contributed by atoms with Gasteiger partial charge in [-0.15, -0.1) is 0 Å². The van der Waals surface area contributed by atoms with E-state index in [1.165, 1.54) is 6.07 Å². The second-order valence-electron chi connectivity index (χ2n) is 8.31. The van der Waals surface area contributed by atoms with E-state index < -0.39 is 5.82 Å². The summed E-state index contributed by atoms with van der Waals surface area (Å²) >= 11 is 0. The number of benzene rings is 3. The minimum atomic E-state index is -0.512. The molecule has 0 radical (unpaired) electrons. The predicted octanol–water partition coefficient (Wildman–Crippen LogP) is 3.50. The Hall–Kier alpha value is -3.87. The van der Waals surface area contributed by atoms with Crippen LogP contribution in [-0.4, -0.2) is 49.6 Å². The molecule has 1 N–H and O–H groups in total. The highest BCUT2D eigenvalue weighted by molar-refractivity contribution is 6.01. The van der Waals surface area contributed by atoms with Gasteiger partial charge in [-0.3, -0.25) is 9.59 Å². The monoisotopic (exact) mass is 444 g/mol. The summed E-state index contributed by atoms with van der Waals surface area (Å²) in [5, 5.41) is 2.86. The summed E-state index contributed by atoms with van der Waals surface area (Å²) in [4.78, 5) is 31.2. The van der Waals surface area contributed by atoms with Gasteiger partial charge in [-0.2, -0.15) is 0 Å². The molecule has 0 atom stereocenters. The third-order valence-electron chi connectivity index (χ3n) is 6.24. The number of hydrogen-bond acceptors (Lipinski definition) is 4. The molecule has 0 saturated carbocycles. The normalized spacial score (nSPS) is 15.8. The highest BCUT2D eigenvalue weighted by atomic mass is 19.1. The number of hydrogen-bond donors (Lipinski definition) is 1. The van der Waals surface area contributed by atoms with Crippen LogP contribution in [0.2, 0.25) is 0 Å². The average Bonchev–Trinajstić information content (AvgIpc) is 2.87. The summed E-state index contributed by atoms with van der Waals surface area (Å²) in [6, 6.07) is 22.2. The lowest BCUT2D eigenvalue weighted by Crippen LogP contribution is -2.49. The van der Waals surface area contributed by atoms with Crippen molar-refractivity contribution in [2.75, 3.05) is 42.6 Å². The molecule has 0 spiro atoms. The van der Waals surface area contributed by atoms with E-state index in [-0.39, 0.29) is 17.4 Å². The number of amides is 2. The molecule has 5 rings (SSSR count). The molecule has 0 aliphatic carbocycles. The Labute approximate surface area is 192 Å². The van der Waals surface area contributed by atoms with E-state index in [1.54, 1.807) is 23.1 Å². The number of nitrogens with one attached hydrogen (secondary N) is 1. The van der Waals surface area contributed by atoms with Gasteiger partial charge >= 0.3 is 0 Å². The zero-order valence-electron chi connectivity index (χ0n) is 18.2. The smallest absolute Gasteiger partial charge is 0.256 e. The lowest BCUT2D eigenvalue weighted by Gasteiger charge is -2.36. The van der Waals surface area contributed by atoms with Crippen LogP contribution in [-0.2, 0) is 6.54 Å². The van der Waals surface area contributed by atoms with E-state index in [4.69, 9.17) is 0 Å². The molecule has 2 amide bonds. The molecule has 33 heavy (non-hydrogen) atoms. The fourth-order valence-electron chi connectivity index (χ4n) is 4.46. The van der Waals surface area contributed by atoms with Crippen molar-refractivity contribution in [3.05, 3.63) is 95.3 Å². The summed E-state index contributed by atoms with van der Waals surface area (Å²) < 4.78 is 14.7. The zero-order valence-corrected chi connectivity index (χ0v) is 18.2. The molecule has 0 unspecified atom stereocenters. The fourth-order valence-corrected chi connectivity index (χ4v) is 4.46. The Kier molecular flexibility index (Phi) is 5.69. The van der Waals surface area contributed by atoms with Crippen molar-refractivity contribution in [1.82, 2.24) is 10.2 Å². The van der Waals surface area contributed by atoms with Crippen molar-refractivity contribution in [3.8, 4) is 0 Å². The summed E-state index contributed by atoms with van der Waals surface area (Å²) in [7, 11) is 0. The molecule has 6 nitrogen and oxygen atoms in total. The lowest BCUT2D eigenvalue weighted by atomic mass is 10.1. The third-order valence-corrected chi connectivity index (χ3v) is 6.24. The van der Waals surface area contributed by atoms with Gasteiger partial charge in [0.25, 0.3) is 11.8 Å². The molecule has 1 fully saturated rings. The molecule has 0 bridgehead atoms. The number of piperazine rings is 1. The van der Waals surface area contributed by atoms with Crippen molar-refractivity contribution in [3.63, 3.8) is 0 Å². The fraction of sp³-hybridized carbons (Fsp3) is 0.231. The Morgan fingerprint density at radius 1 is 0.909 bits per heavy atom. The van der Waals surface area contributed by atoms with Gasteiger partial charge in [0.1, 0.15) is 5.82 Å². The molecular formula is C26H25FN4O2. The van der Waals surface area contributed by atoms with Gasteiger partial charge < -0.3 is 20.0 Å². The molecule has 2 heterocycles. The van der Waals surface area contributed by atoms with Gasteiger partial charge in [-0.1, -0.05) is 36.4 Å². The van der Waals surface area contributed by atoms with E-state index in [1.807, 2.05) is 41.3 Å². The Morgan fingerprint density at radius 3 is 2.42 bits per heavy atom. The molecule has 168 valence electrons. The first-order valence-electron chi connectivity index (χ1n) is 11.1. The molecule has 7 heteroatoms. The maximum atomic E-state index is 14.7. The van der Waals surface area contributed by atoms with Crippen LogP contribution in [0, 0.1) is 5.82 Å². The summed E-state index contributed by atoms with van der Waals surface area (Å²) in [6.45, 7) is 3.33. The molecule has 2 aliphatic heterocycles. The number of para-hydroxylation sites is 2. The number of halogens is 1. The quantitative estimate of drug-likeness (QED) is 0.669. The van der Waals surface area contributed by atoms with Gasteiger partial charge in [-0.05, 0) is 42.0 Å². The van der Waals surface area contributed by atoms with Crippen LogP contribution in [0.1, 0.15) is 26.3 Å². The van der Waals surface area contributed by atoms with Crippen molar-refractivity contribution < 1.29 is 14.0 Å². The van der Waals surface area contributed by atoms with E-state index in [0.717, 1.165) is 16.9 Å². The number of carbonyl (C=O) groups is 2. The summed E-state index contributed by atoms with van der Waals surface area (Å²) in [5.41, 5.74) is 3.48.